The van der Waals surface area contributed by atoms with Crippen LogP contribution in [0, 0.1) is 0 Å². The average Bonchev–Trinajstić information content (AvgIpc) is 2.91. The maximum absolute atomic E-state index is 12.4. The number of halogens is 2. The number of carbonyl (C=O) groups is 2. The van der Waals surface area contributed by atoms with Crippen LogP contribution in [0.15, 0.2) is 66.7 Å². The second-order valence-corrected chi connectivity index (χ2v) is 6.88. The molecule has 3 aromatic rings. The van der Waals surface area contributed by atoms with Gasteiger partial charge in [-0.1, -0.05) is 47.5 Å². The molecule has 27 heavy (non-hydrogen) atoms. The van der Waals surface area contributed by atoms with Crippen molar-refractivity contribution in [3.8, 4) is 11.5 Å². The van der Waals surface area contributed by atoms with Crippen molar-refractivity contribution in [2.24, 2.45) is 0 Å². The second kappa shape index (κ2) is 7.06. The van der Waals surface area contributed by atoms with E-state index in [2.05, 4.69) is 0 Å². The van der Waals surface area contributed by atoms with Crippen LogP contribution < -0.4 is 4.74 Å². The largest absolute Gasteiger partial charge is 0.457 e. The Morgan fingerprint density at radius 3 is 1.93 bits per heavy atom. The van der Waals surface area contributed by atoms with Gasteiger partial charge in [0.15, 0.2) is 0 Å². The van der Waals surface area contributed by atoms with Crippen LogP contribution in [0.4, 0.5) is 0 Å². The molecule has 1 aliphatic rings. The third kappa shape index (κ3) is 3.42. The SMILES string of the molecule is O=C1c2ccccc2C(=O)N1Cc1ccc(Oc2ccc(Cl)c(Cl)c2)cc1. The van der Waals surface area contributed by atoms with E-state index in [0.717, 1.165) is 5.56 Å². The molecule has 0 atom stereocenters. The zero-order valence-corrected chi connectivity index (χ0v) is 15.5. The van der Waals surface area contributed by atoms with Crippen molar-refractivity contribution in [2.45, 2.75) is 6.54 Å². The van der Waals surface area contributed by atoms with E-state index in [0.29, 0.717) is 32.7 Å². The topological polar surface area (TPSA) is 46.6 Å². The van der Waals surface area contributed by atoms with Crippen LogP contribution in [0.5, 0.6) is 11.5 Å². The van der Waals surface area contributed by atoms with E-state index in [-0.39, 0.29) is 18.4 Å². The quantitative estimate of drug-likeness (QED) is 0.539. The van der Waals surface area contributed by atoms with Gasteiger partial charge in [0.2, 0.25) is 0 Å². The summed E-state index contributed by atoms with van der Waals surface area (Å²) in [7, 11) is 0. The van der Waals surface area contributed by atoms with Gasteiger partial charge in [-0.2, -0.15) is 0 Å². The van der Waals surface area contributed by atoms with Crippen LogP contribution in [0.1, 0.15) is 26.3 Å². The molecule has 0 fully saturated rings. The zero-order valence-electron chi connectivity index (χ0n) is 14.0. The number of hydrogen-bond donors (Lipinski definition) is 0. The number of fused-ring (bicyclic) bond motifs is 1. The van der Waals surface area contributed by atoms with Crippen LogP contribution >= 0.6 is 23.2 Å². The van der Waals surface area contributed by atoms with Gasteiger partial charge in [-0.15, -0.1) is 0 Å². The second-order valence-electron chi connectivity index (χ2n) is 6.06. The Morgan fingerprint density at radius 2 is 1.33 bits per heavy atom. The third-order valence-electron chi connectivity index (χ3n) is 4.27. The van der Waals surface area contributed by atoms with Crippen molar-refractivity contribution in [3.05, 3.63) is 93.5 Å². The lowest BCUT2D eigenvalue weighted by Gasteiger charge is -2.14. The van der Waals surface area contributed by atoms with Gasteiger partial charge in [-0.3, -0.25) is 14.5 Å². The summed E-state index contributed by atoms with van der Waals surface area (Å²) in [6.45, 7) is 0.208. The van der Waals surface area contributed by atoms with Crippen molar-refractivity contribution in [3.63, 3.8) is 0 Å². The first kappa shape index (κ1) is 17.6. The first-order valence-electron chi connectivity index (χ1n) is 8.20. The molecular formula is C21H13Cl2NO3. The number of hydrogen-bond acceptors (Lipinski definition) is 3. The maximum Gasteiger partial charge on any atom is 0.261 e. The highest BCUT2D eigenvalue weighted by Gasteiger charge is 2.34. The van der Waals surface area contributed by atoms with E-state index in [1.165, 1.54) is 4.90 Å². The number of benzene rings is 3. The Hall–Kier alpha value is -2.82. The molecule has 0 radical (unpaired) electrons. The molecule has 1 aliphatic heterocycles. The van der Waals surface area contributed by atoms with Gasteiger partial charge < -0.3 is 4.74 Å². The minimum atomic E-state index is -0.272. The number of carbonyl (C=O) groups excluding carboxylic acids is 2. The van der Waals surface area contributed by atoms with E-state index in [4.69, 9.17) is 27.9 Å². The molecule has 3 aromatic carbocycles. The summed E-state index contributed by atoms with van der Waals surface area (Å²) in [5, 5.41) is 0.872. The molecule has 0 aromatic heterocycles. The van der Waals surface area contributed by atoms with Crippen molar-refractivity contribution in [1.82, 2.24) is 4.90 Å². The Kier molecular flexibility index (Phi) is 4.60. The summed E-state index contributed by atoms with van der Waals surface area (Å²) in [4.78, 5) is 26.1. The van der Waals surface area contributed by atoms with E-state index < -0.39 is 0 Å². The van der Waals surface area contributed by atoms with Crippen molar-refractivity contribution < 1.29 is 14.3 Å². The first-order chi connectivity index (χ1) is 13.0. The number of ether oxygens (including phenoxy) is 1. The lowest BCUT2D eigenvalue weighted by Crippen LogP contribution is -2.29. The number of amides is 2. The smallest absolute Gasteiger partial charge is 0.261 e. The number of imide groups is 1. The van der Waals surface area contributed by atoms with Gasteiger partial charge in [0.05, 0.1) is 27.7 Å². The third-order valence-corrected chi connectivity index (χ3v) is 5.01. The van der Waals surface area contributed by atoms with Crippen molar-refractivity contribution in [1.29, 1.82) is 0 Å². The standard InChI is InChI=1S/C21H13Cl2NO3/c22-18-10-9-15(11-19(18)23)27-14-7-5-13(6-8-14)12-24-20(25)16-3-1-2-4-17(16)21(24)26/h1-11H,12H2. The maximum atomic E-state index is 12.4. The summed E-state index contributed by atoms with van der Waals surface area (Å²) in [5.74, 6) is 0.635. The summed E-state index contributed by atoms with van der Waals surface area (Å²) in [6, 6.07) is 19.0. The monoisotopic (exact) mass is 397 g/mol. The summed E-state index contributed by atoms with van der Waals surface area (Å²) in [6.07, 6.45) is 0. The molecule has 0 saturated heterocycles. The lowest BCUT2D eigenvalue weighted by molar-refractivity contribution is 0.0642. The highest BCUT2D eigenvalue weighted by molar-refractivity contribution is 6.42. The molecule has 0 N–H and O–H groups in total. The van der Waals surface area contributed by atoms with E-state index in [9.17, 15) is 9.59 Å². The Morgan fingerprint density at radius 1 is 0.741 bits per heavy atom. The fourth-order valence-corrected chi connectivity index (χ4v) is 3.19. The fraction of sp³-hybridized carbons (Fsp3) is 0.0476. The summed E-state index contributed by atoms with van der Waals surface area (Å²) in [5.41, 5.74) is 1.72. The minimum Gasteiger partial charge on any atom is -0.457 e. The molecule has 0 saturated carbocycles. The predicted molar refractivity (Wildman–Crippen MR) is 104 cm³/mol. The summed E-state index contributed by atoms with van der Waals surface area (Å²) >= 11 is 11.9. The summed E-state index contributed by atoms with van der Waals surface area (Å²) < 4.78 is 5.74. The van der Waals surface area contributed by atoms with Crippen LogP contribution in [0.3, 0.4) is 0 Å². The molecule has 4 nitrogen and oxygen atoms in total. The number of nitrogens with zero attached hydrogens (tertiary/aromatic N) is 1. The Labute approximate surface area is 165 Å². The van der Waals surface area contributed by atoms with E-state index >= 15 is 0 Å². The van der Waals surface area contributed by atoms with Crippen LogP contribution in [0.25, 0.3) is 0 Å². The molecule has 2 amide bonds. The van der Waals surface area contributed by atoms with Gasteiger partial charge in [0.25, 0.3) is 11.8 Å². The van der Waals surface area contributed by atoms with Gasteiger partial charge in [-0.05, 0) is 42.0 Å². The molecule has 0 aliphatic carbocycles. The van der Waals surface area contributed by atoms with E-state index in [1.807, 2.05) is 12.1 Å². The van der Waals surface area contributed by atoms with Gasteiger partial charge >= 0.3 is 0 Å². The fourth-order valence-electron chi connectivity index (χ4n) is 2.90. The van der Waals surface area contributed by atoms with E-state index in [1.54, 1.807) is 54.6 Å². The minimum absolute atomic E-state index is 0.208. The number of rotatable bonds is 4. The Balaban J connectivity index is 1.48. The van der Waals surface area contributed by atoms with Crippen LogP contribution in [-0.4, -0.2) is 16.7 Å². The lowest BCUT2D eigenvalue weighted by atomic mass is 10.1. The van der Waals surface area contributed by atoms with Gasteiger partial charge in [0, 0.05) is 6.07 Å². The molecular weight excluding hydrogens is 385 g/mol. The molecule has 4 rings (SSSR count). The molecule has 6 heteroatoms. The molecule has 0 spiro atoms. The van der Waals surface area contributed by atoms with Gasteiger partial charge in [0.1, 0.15) is 11.5 Å². The Bertz CT molecular complexity index is 1010. The molecule has 0 bridgehead atoms. The average molecular weight is 398 g/mol. The van der Waals surface area contributed by atoms with Gasteiger partial charge in [-0.25, -0.2) is 0 Å². The predicted octanol–water partition coefficient (Wildman–Crippen LogP) is 5.58. The van der Waals surface area contributed by atoms with Crippen LogP contribution in [0.2, 0.25) is 10.0 Å². The molecule has 134 valence electrons. The molecule has 1 heterocycles. The highest BCUT2D eigenvalue weighted by atomic mass is 35.5. The van der Waals surface area contributed by atoms with Crippen molar-refractivity contribution >= 4 is 35.0 Å². The zero-order chi connectivity index (χ0) is 19.0. The molecule has 0 unspecified atom stereocenters. The first-order valence-corrected chi connectivity index (χ1v) is 8.95. The normalized spacial score (nSPS) is 13.0. The highest BCUT2D eigenvalue weighted by Crippen LogP contribution is 2.30. The van der Waals surface area contributed by atoms with Crippen LogP contribution in [-0.2, 0) is 6.54 Å². The van der Waals surface area contributed by atoms with Crippen molar-refractivity contribution in [2.75, 3.05) is 0 Å².